The number of likely N-dealkylation sites (N-methyl/N-ethyl adjacent to an activating group) is 1. The molecular weight excluding hydrogens is 246 g/mol. The van der Waals surface area contributed by atoms with Gasteiger partial charge in [-0.3, -0.25) is 9.47 Å². The summed E-state index contributed by atoms with van der Waals surface area (Å²) in [6.45, 7) is 6.58. The zero-order valence-corrected chi connectivity index (χ0v) is 12.1. The lowest BCUT2D eigenvalue weighted by Gasteiger charge is -2.42. The molecule has 0 aromatic carbocycles. The molecule has 0 radical (unpaired) electrons. The van der Waals surface area contributed by atoms with Crippen LogP contribution in [0, 0.1) is 4.77 Å². The van der Waals surface area contributed by atoms with Crippen molar-refractivity contribution < 1.29 is 0 Å². The number of hydrogen-bond acceptors (Lipinski definition) is 4. The topological polar surface area (TPSA) is 40.1 Å². The van der Waals surface area contributed by atoms with Gasteiger partial charge in [-0.2, -0.15) is 0 Å². The second-order valence-electron chi connectivity index (χ2n) is 5.70. The molecule has 2 aliphatic rings. The van der Waals surface area contributed by atoms with Crippen LogP contribution in [0.2, 0.25) is 0 Å². The van der Waals surface area contributed by atoms with Gasteiger partial charge in [-0.25, -0.2) is 5.10 Å². The second-order valence-corrected chi connectivity index (χ2v) is 6.09. The Morgan fingerprint density at radius 3 is 2.39 bits per heavy atom. The number of nitrogens with one attached hydrogen (secondary N) is 1. The number of nitrogens with zero attached hydrogens (tertiary/aromatic N) is 4. The summed E-state index contributed by atoms with van der Waals surface area (Å²) in [5.41, 5.74) is 0. The number of aromatic amines is 1. The van der Waals surface area contributed by atoms with E-state index < -0.39 is 0 Å². The summed E-state index contributed by atoms with van der Waals surface area (Å²) in [7, 11) is 2.20. The fourth-order valence-corrected chi connectivity index (χ4v) is 3.03. The second kappa shape index (κ2) is 4.35. The van der Waals surface area contributed by atoms with Crippen molar-refractivity contribution in [2.75, 3.05) is 25.0 Å². The van der Waals surface area contributed by atoms with Crippen LogP contribution in [0.25, 0.3) is 0 Å². The Bertz CT molecular complexity index is 477. The van der Waals surface area contributed by atoms with Gasteiger partial charge >= 0.3 is 0 Å². The Morgan fingerprint density at radius 1 is 1.22 bits per heavy atom. The third-order valence-corrected chi connectivity index (χ3v) is 4.53. The van der Waals surface area contributed by atoms with Crippen LogP contribution in [-0.2, 0) is 0 Å². The van der Waals surface area contributed by atoms with E-state index in [0.717, 1.165) is 23.8 Å². The highest BCUT2D eigenvalue weighted by Crippen LogP contribution is 2.38. The van der Waals surface area contributed by atoms with E-state index in [2.05, 4.69) is 45.5 Å². The first-order chi connectivity index (χ1) is 8.58. The molecule has 1 aliphatic heterocycles. The van der Waals surface area contributed by atoms with Gasteiger partial charge in [-0.1, -0.05) is 0 Å². The highest BCUT2D eigenvalue weighted by molar-refractivity contribution is 7.71. The first-order valence-electron chi connectivity index (χ1n) is 6.71. The summed E-state index contributed by atoms with van der Waals surface area (Å²) in [4.78, 5) is 4.80. The minimum absolute atomic E-state index is 0.548. The summed E-state index contributed by atoms with van der Waals surface area (Å²) in [6, 6.07) is 1.68. The van der Waals surface area contributed by atoms with Crippen molar-refractivity contribution >= 4 is 18.2 Å². The summed E-state index contributed by atoms with van der Waals surface area (Å²) >= 11 is 5.35. The Kier molecular flexibility index (Phi) is 2.94. The van der Waals surface area contributed by atoms with E-state index in [9.17, 15) is 0 Å². The van der Waals surface area contributed by atoms with Gasteiger partial charge in [0.05, 0.1) is 0 Å². The molecule has 2 unspecified atom stereocenters. The zero-order chi connectivity index (χ0) is 12.9. The molecule has 3 rings (SSSR count). The minimum atomic E-state index is 0.548. The van der Waals surface area contributed by atoms with Gasteiger partial charge in [-0.15, -0.1) is 5.10 Å². The van der Waals surface area contributed by atoms with Crippen molar-refractivity contribution in [1.29, 1.82) is 0 Å². The summed E-state index contributed by atoms with van der Waals surface area (Å²) in [5, 5.41) is 7.41. The Labute approximate surface area is 113 Å². The minimum Gasteiger partial charge on any atom is -0.338 e. The number of H-pyrrole nitrogens is 1. The van der Waals surface area contributed by atoms with Gasteiger partial charge in [-0.05, 0) is 46.0 Å². The van der Waals surface area contributed by atoms with Crippen LogP contribution in [0.1, 0.15) is 32.7 Å². The largest absolute Gasteiger partial charge is 0.338 e. The normalized spacial score (nSPS) is 29.8. The van der Waals surface area contributed by atoms with Crippen LogP contribution in [0.15, 0.2) is 0 Å². The smallest absolute Gasteiger partial charge is 0.226 e. The number of piperazine rings is 1. The van der Waals surface area contributed by atoms with Crippen LogP contribution < -0.4 is 4.90 Å². The van der Waals surface area contributed by atoms with E-state index >= 15 is 0 Å². The van der Waals surface area contributed by atoms with E-state index in [0.29, 0.717) is 18.1 Å². The van der Waals surface area contributed by atoms with Crippen LogP contribution in [-0.4, -0.2) is 51.9 Å². The Balaban J connectivity index is 1.89. The van der Waals surface area contributed by atoms with Crippen molar-refractivity contribution in [1.82, 2.24) is 19.7 Å². The number of hydrogen-bond donors (Lipinski definition) is 1. The van der Waals surface area contributed by atoms with Crippen molar-refractivity contribution in [3.8, 4) is 0 Å². The highest BCUT2D eigenvalue weighted by Gasteiger charge is 2.33. The van der Waals surface area contributed by atoms with Gasteiger partial charge in [0.25, 0.3) is 0 Å². The molecule has 1 saturated heterocycles. The lowest BCUT2D eigenvalue weighted by atomic mass is 10.1. The molecule has 1 saturated carbocycles. The summed E-state index contributed by atoms with van der Waals surface area (Å²) in [5.74, 6) is 1.04. The molecule has 2 heterocycles. The third-order valence-electron chi connectivity index (χ3n) is 4.24. The lowest BCUT2D eigenvalue weighted by molar-refractivity contribution is 0.168. The molecule has 1 aromatic heterocycles. The van der Waals surface area contributed by atoms with Crippen molar-refractivity contribution in [2.24, 2.45) is 0 Å². The third kappa shape index (κ3) is 1.97. The molecule has 0 amide bonds. The molecule has 0 spiro atoms. The summed E-state index contributed by atoms with van der Waals surface area (Å²) in [6.07, 6.45) is 2.47. The van der Waals surface area contributed by atoms with Gasteiger partial charge in [0.1, 0.15) is 0 Å². The number of anilines is 1. The first kappa shape index (κ1) is 12.2. The van der Waals surface area contributed by atoms with Crippen LogP contribution in [0.5, 0.6) is 0 Å². The fraction of sp³-hybridized carbons (Fsp3) is 0.833. The molecule has 100 valence electrons. The quantitative estimate of drug-likeness (QED) is 0.830. The van der Waals surface area contributed by atoms with Crippen molar-refractivity contribution in [3.63, 3.8) is 0 Å². The van der Waals surface area contributed by atoms with Crippen molar-refractivity contribution in [2.45, 2.75) is 44.8 Å². The Hall–Kier alpha value is -0.880. The predicted octanol–water partition coefficient (Wildman–Crippen LogP) is 1.80. The molecule has 2 atom stereocenters. The Morgan fingerprint density at radius 2 is 1.83 bits per heavy atom. The molecule has 5 nitrogen and oxygen atoms in total. The van der Waals surface area contributed by atoms with Crippen LogP contribution in [0.4, 0.5) is 5.95 Å². The zero-order valence-electron chi connectivity index (χ0n) is 11.3. The maximum atomic E-state index is 5.35. The monoisotopic (exact) mass is 267 g/mol. The van der Waals surface area contributed by atoms with Crippen LogP contribution >= 0.6 is 12.2 Å². The molecular formula is C12H21N5S. The molecule has 1 aliphatic carbocycles. The molecule has 1 aromatic rings. The number of aromatic nitrogens is 3. The van der Waals surface area contributed by atoms with Crippen molar-refractivity contribution in [3.05, 3.63) is 4.77 Å². The average molecular weight is 267 g/mol. The average Bonchev–Trinajstić information content (AvgIpc) is 3.09. The molecule has 6 heteroatoms. The molecule has 0 bridgehead atoms. The highest BCUT2D eigenvalue weighted by atomic mass is 32.1. The number of rotatable bonds is 2. The maximum Gasteiger partial charge on any atom is 0.226 e. The van der Waals surface area contributed by atoms with E-state index in [-0.39, 0.29) is 0 Å². The SMILES string of the molecule is CC1CN(c2n[nH]c(=S)n2C2CC2)CC(C)N1C. The fourth-order valence-electron chi connectivity index (χ4n) is 2.75. The maximum absolute atomic E-state index is 5.35. The van der Waals surface area contributed by atoms with Gasteiger partial charge in [0, 0.05) is 31.2 Å². The van der Waals surface area contributed by atoms with E-state index in [1.54, 1.807) is 0 Å². The molecule has 2 fully saturated rings. The van der Waals surface area contributed by atoms with E-state index in [1.807, 2.05) is 0 Å². The van der Waals surface area contributed by atoms with E-state index in [4.69, 9.17) is 12.2 Å². The molecule has 1 N–H and O–H groups in total. The molecule has 18 heavy (non-hydrogen) atoms. The van der Waals surface area contributed by atoms with Gasteiger partial charge in [0.2, 0.25) is 5.95 Å². The summed E-state index contributed by atoms with van der Waals surface area (Å²) < 4.78 is 2.98. The van der Waals surface area contributed by atoms with Crippen LogP contribution in [0.3, 0.4) is 0 Å². The predicted molar refractivity (Wildman–Crippen MR) is 74.6 cm³/mol. The van der Waals surface area contributed by atoms with Gasteiger partial charge in [0.15, 0.2) is 4.77 Å². The van der Waals surface area contributed by atoms with E-state index in [1.165, 1.54) is 12.8 Å². The van der Waals surface area contributed by atoms with Gasteiger partial charge < -0.3 is 4.90 Å². The lowest BCUT2D eigenvalue weighted by Crippen LogP contribution is -2.55. The first-order valence-corrected chi connectivity index (χ1v) is 7.12. The standard InChI is InChI=1S/C12H21N5S/c1-8-6-16(7-9(2)15(8)3)11-13-14-12(18)17(11)10-4-5-10/h8-10H,4-7H2,1-3H3,(H,14,18).